The summed E-state index contributed by atoms with van der Waals surface area (Å²) in [7, 11) is 0. The van der Waals surface area contributed by atoms with E-state index in [0.717, 1.165) is 5.56 Å². The molecule has 90 valence electrons. The number of carbonyl (C=O) groups excluding carboxylic acids is 1. The molecule has 1 aromatic carbocycles. The smallest absolute Gasteiger partial charge is 0.341 e. The molecule has 2 rings (SSSR count). The van der Waals surface area contributed by atoms with Gasteiger partial charge < -0.3 is 9.84 Å². The molecular formula is C11H8Cl2O4. The van der Waals surface area contributed by atoms with Crippen molar-refractivity contribution in [2.75, 3.05) is 6.61 Å². The highest BCUT2D eigenvalue weighted by atomic mass is 35.5. The number of carboxylic acids is 1. The van der Waals surface area contributed by atoms with Gasteiger partial charge in [0.15, 0.2) is 12.4 Å². The average molecular weight is 275 g/mol. The molecule has 1 aromatic rings. The van der Waals surface area contributed by atoms with Crippen molar-refractivity contribution in [1.29, 1.82) is 0 Å². The zero-order valence-electron chi connectivity index (χ0n) is 8.63. The van der Waals surface area contributed by atoms with Crippen LogP contribution in [0, 0.1) is 0 Å². The van der Waals surface area contributed by atoms with Crippen molar-refractivity contribution in [3.63, 3.8) is 0 Å². The Balaban J connectivity index is 2.40. The van der Waals surface area contributed by atoms with E-state index in [4.69, 9.17) is 33.0 Å². The number of halogens is 2. The Bertz CT molecular complexity index is 511. The Morgan fingerprint density at radius 2 is 2.06 bits per heavy atom. The topological polar surface area (TPSA) is 63.6 Å². The molecule has 17 heavy (non-hydrogen) atoms. The van der Waals surface area contributed by atoms with Gasteiger partial charge in [-0.2, -0.15) is 0 Å². The summed E-state index contributed by atoms with van der Waals surface area (Å²) in [5.41, 5.74) is 1.18. The largest absolute Gasteiger partial charge is 0.480 e. The van der Waals surface area contributed by atoms with Gasteiger partial charge in [0.2, 0.25) is 0 Å². The van der Waals surface area contributed by atoms with Gasteiger partial charge in [-0.1, -0.05) is 23.2 Å². The van der Waals surface area contributed by atoms with Crippen LogP contribution in [0.15, 0.2) is 6.07 Å². The molecule has 0 saturated carbocycles. The van der Waals surface area contributed by atoms with Crippen LogP contribution in [-0.4, -0.2) is 23.5 Å². The molecule has 4 nitrogen and oxygen atoms in total. The SMILES string of the molecule is O=C(O)COc1cc2c(c(Cl)c1Cl)C(=O)CC2. The maximum atomic E-state index is 11.5. The molecule has 0 bridgehead atoms. The number of carbonyl (C=O) groups is 2. The molecule has 0 saturated heterocycles. The van der Waals surface area contributed by atoms with Gasteiger partial charge in [0.1, 0.15) is 10.8 Å². The van der Waals surface area contributed by atoms with Gasteiger partial charge in [-0.25, -0.2) is 4.79 Å². The fourth-order valence-electron chi connectivity index (χ4n) is 1.77. The molecule has 1 aliphatic carbocycles. The number of aliphatic carboxylic acids is 1. The van der Waals surface area contributed by atoms with Gasteiger partial charge in [0.25, 0.3) is 0 Å². The van der Waals surface area contributed by atoms with Gasteiger partial charge in [0, 0.05) is 12.0 Å². The first-order valence-corrected chi connectivity index (χ1v) is 5.65. The molecular weight excluding hydrogens is 267 g/mol. The van der Waals surface area contributed by atoms with Crippen LogP contribution in [-0.2, 0) is 11.2 Å². The number of hydrogen-bond acceptors (Lipinski definition) is 3. The van der Waals surface area contributed by atoms with Crippen LogP contribution in [0.2, 0.25) is 10.0 Å². The predicted molar refractivity (Wildman–Crippen MR) is 62.2 cm³/mol. The lowest BCUT2D eigenvalue weighted by atomic mass is 10.1. The van der Waals surface area contributed by atoms with Crippen molar-refractivity contribution in [3.8, 4) is 5.75 Å². The highest BCUT2D eigenvalue weighted by molar-refractivity contribution is 6.45. The normalized spacial score (nSPS) is 13.6. The Labute approximate surface area is 107 Å². The Kier molecular flexibility index (Phi) is 3.26. The maximum Gasteiger partial charge on any atom is 0.341 e. The molecule has 0 radical (unpaired) electrons. The van der Waals surface area contributed by atoms with Gasteiger partial charge >= 0.3 is 5.97 Å². The van der Waals surface area contributed by atoms with E-state index < -0.39 is 12.6 Å². The Hall–Kier alpha value is -1.26. The molecule has 0 amide bonds. The molecule has 0 fully saturated rings. The molecule has 0 aromatic heterocycles. The van der Waals surface area contributed by atoms with Crippen LogP contribution < -0.4 is 4.74 Å². The number of ether oxygens (including phenoxy) is 1. The quantitative estimate of drug-likeness (QED) is 0.920. The molecule has 0 aliphatic heterocycles. The number of hydrogen-bond donors (Lipinski definition) is 1. The van der Waals surface area contributed by atoms with Crippen molar-refractivity contribution in [3.05, 3.63) is 27.2 Å². The van der Waals surface area contributed by atoms with Crippen molar-refractivity contribution < 1.29 is 19.4 Å². The summed E-state index contributed by atoms with van der Waals surface area (Å²) in [6.45, 7) is -0.497. The third-order valence-electron chi connectivity index (χ3n) is 2.51. The minimum absolute atomic E-state index is 0.0447. The molecule has 1 N–H and O–H groups in total. The number of fused-ring (bicyclic) bond motifs is 1. The molecule has 1 aliphatic rings. The number of benzene rings is 1. The summed E-state index contributed by atoms with van der Waals surface area (Å²) in [5.74, 6) is -0.946. The monoisotopic (exact) mass is 274 g/mol. The first-order chi connectivity index (χ1) is 8.00. The third-order valence-corrected chi connectivity index (χ3v) is 3.36. The van der Waals surface area contributed by atoms with E-state index >= 15 is 0 Å². The number of rotatable bonds is 3. The fraction of sp³-hybridized carbons (Fsp3) is 0.273. The number of ketones is 1. The van der Waals surface area contributed by atoms with E-state index in [9.17, 15) is 9.59 Å². The van der Waals surface area contributed by atoms with Crippen molar-refractivity contribution >= 4 is 35.0 Å². The molecule has 0 heterocycles. The Morgan fingerprint density at radius 1 is 1.35 bits per heavy atom. The van der Waals surface area contributed by atoms with E-state index in [-0.39, 0.29) is 21.6 Å². The minimum Gasteiger partial charge on any atom is -0.480 e. The van der Waals surface area contributed by atoms with Crippen molar-refractivity contribution in [1.82, 2.24) is 0 Å². The zero-order valence-corrected chi connectivity index (χ0v) is 10.1. The zero-order chi connectivity index (χ0) is 12.6. The summed E-state index contributed by atoms with van der Waals surface area (Å²) in [6.07, 6.45) is 0.974. The number of carboxylic acid groups (broad SMARTS) is 1. The summed E-state index contributed by atoms with van der Waals surface area (Å²) >= 11 is 11.9. The Morgan fingerprint density at radius 3 is 2.71 bits per heavy atom. The predicted octanol–water partition coefficient (Wildman–Crippen LogP) is 2.59. The molecule has 0 atom stereocenters. The van der Waals surface area contributed by atoms with Crippen LogP contribution in [0.5, 0.6) is 5.75 Å². The van der Waals surface area contributed by atoms with Crippen LogP contribution in [0.4, 0.5) is 0 Å². The second kappa shape index (κ2) is 4.55. The van der Waals surface area contributed by atoms with E-state index in [1.807, 2.05) is 0 Å². The lowest BCUT2D eigenvalue weighted by Gasteiger charge is -2.10. The number of aryl methyl sites for hydroxylation is 1. The van der Waals surface area contributed by atoms with Gasteiger partial charge in [0.05, 0.1) is 5.02 Å². The minimum atomic E-state index is -1.10. The number of Topliss-reactive ketones (excluding diaryl/α,β-unsaturated/α-hetero) is 1. The van der Waals surface area contributed by atoms with Gasteiger partial charge in [-0.15, -0.1) is 0 Å². The highest BCUT2D eigenvalue weighted by Crippen LogP contribution is 2.40. The summed E-state index contributed by atoms with van der Waals surface area (Å²) < 4.78 is 5.01. The van der Waals surface area contributed by atoms with Crippen LogP contribution >= 0.6 is 23.2 Å². The average Bonchev–Trinajstić information content (AvgIpc) is 2.63. The summed E-state index contributed by atoms with van der Waals surface area (Å²) in [6, 6.07) is 1.58. The molecule has 0 spiro atoms. The second-order valence-electron chi connectivity index (χ2n) is 3.64. The highest BCUT2D eigenvalue weighted by Gasteiger charge is 2.26. The lowest BCUT2D eigenvalue weighted by Crippen LogP contribution is -2.10. The standard InChI is InChI=1S/C11H8Cl2O4/c12-10-7(17-4-8(15)16)3-5-1-2-6(14)9(5)11(10)13/h3H,1-2,4H2,(H,15,16). The van der Waals surface area contributed by atoms with Crippen LogP contribution in [0.3, 0.4) is 0 Å². The van der Waals surface area contributed by atoms with Crippen molar-refractivity contribution in [2.45, 2.75) is 12.8 Å². The van der Waals surface area contributed by atoms with Gasteiger partial charge in [-0.3, -0.25) is 4.79 Å². The second-order valence-corrected chi connectivity index (χ2v) is 4.40. The first-order valence-electron chi connectivity index (χ1n) is 4.89. The van der Waals surface area contributed by atoms with E-state index in [2.05, 4.69) is 0 Å². The maximum absolute atomic E-state index is 11.5. The van der Waals surface area contributed by atoms with E-state index in [0.29, 0.717) is 18.4 Å². The molecule has 6 heteroatoms. The van der Waals surface area contributed by atoms with Crippen LogP contribution in [0.1, 0.15) is 22.3 Å². The summed E-state index contributed by atoms with van der Waals surface area (Å²) in [4.78, 5) is 21.9. The molecule has 0 unspecified atom stereocenters. The first kappa shape index (κ1) is 12.2. The van der Waals surface area contributed by atoms with Gasteiger partial charge in [-0.05, 0) is 18.1 Å². The van der Waals surface area contributed by atoms with E-state index in [1.165, 1.54) is 0 Å². The van der Waals surface area contributed by atoms with Crippen molar-refractivity contribution in [2.24, 2.45) is 0 Å². The van der Waals surface area contributed by atoms with Crippen LogP contribution in [0.25, 0.3) is 0 Å². The fourth-order valence-corrected chi connectivity index (χ4v) is 2.29. The summed E-state index contributed by atoms with van der Waals surface area (Å²) in [5, 5.41) is 8.75. The lowest BCUT2D eigenvalue weighted by molar-refractivity contribution is -0.139. The van der Waals surface area contributed by atoms with E-state index in [1.54, 1.807) is 6.07 Å². The third kappa shape index (κ3) is 2.23.